The molecule has 5 nitrogen and oxygen atoms in total. The van der Waals surface area contributed by atoms with Crippen LogP contribution >= 0.6 is 0 Å². The van der Waals surface area contributed by atoms with Crippen molar-refractivity contribution in [2.24, 2.45) is 7.05 Å². The number of likely N-dealkylation sites (N-methyl/N-ethyl adjacent to an activating group) is 1. The topological polar surface area (TPSA) is 47.1 Å². The van der Waals surface area contributed by atoms with Gasteiger partial charge in [-0.05, 0) is 19.0 Å². The van der Waals surface area contributed by atoms with E-state index in [-0.39, 0.29) is 0 Å². The summed E-state index contributed by atoms with van der Waals surface area (Å²) in [6.45, 7) is 5.97. The Hall–Kier alpha value is -1.62. The lowest BCUT2D eigenvalue weighted by Gasteiger charge is -2.13. The Bertz CT molecular complexity index is 515. The van der Waals surface area contributed by atoms with Crippen molar-refractivity contribution in [2.45, 2.75) is 32.7 Å². The zero-order chi connectivity index (χ0) is 13.8. The molecule has 0 amide bonds. The summed E-state index contributed by atoms with van der Waals surface area (Å²) in [6.07, 6.45) is 6.73. The van der Waals surface area contributed by atoms with Crippen LogP contribution in [0.3, 0.4) is 0 Å². The van der Waals surface area contributed by atoms with Gasteiger partial charge in [0.2, 0.25) is 0 Å². The monoisotopic (exact) mass is 262 g/mol. The van der Waals surface area contributed by atoms with Crippen LogP contribution in [-0.2, 0) is 20.0 Å². The lowest BCUT2D eigenvalue weighted by atomic mass is 10.2. The molecule has 5 heteroatoms. The standard InChI is InChI=1S/C14H22N4O/c1-11(2)14-16-13(10-19-14)9-17(3)6-5-12-7-15-18(4)8-12/h7-8,10-11H,5-6,9H2,1-4H3. The van der Waals surface area contributed by atoms with E-state index in [1.165, 1.54) is 5.56 Å². The summed E-state index contributed by atoms with van der Waals surface area (Å²) in [6, 6.07) is 0. The maximum atomic E-state index is 5.44. The molecule has 0 atom stereocenters. The minimum Gasteiger partial charge on any atom is -0.448 e. The van der Waals surface area contributed by atoms with Gasteiger partial charge >= 0.3 is 0 Å². The molecule has 2 heterocycles. The molecule has 0 saturated carbocycles. The third-order valence-corrected chi connectivity index (χ3v) is 3.04. The first-order valence-corrected chi connectivity index (χ1v) is 6.65. The molecular formula is C14H22N4O. The van der Waals surface area contributed by atoms with Crippen LogP contribution in [0.5, 0.6) is 0 Å². The Morgan fingerprint density at radius 1 is 1.42 bits per heavy atom. The fourth-order valence-corrected chi connectivity index (χ4v) is 1.94. The highest BCUT2D eigenvalue weighted by molar-refractivity contribution is 5.04. The highest BCUT2D eigenvalue weighted by Gasteiger charge is 2.09. The fourth-order valence-electron chi connectivity index (χ4n) is 1.94. The van der Waals surface area contributed by atoms with Gasteiger partial charge in [-0.15, -0.1) is 0 Å². The van der Waals surface area contributed by atoms with E-state index in [2.05, 4.69) is 42.1 Å². The first kappa shape index (κ1) is 13.8. The van der Waals surface area contributed by atoms with E-state index in [1.807, 2.05) is 17.9 Å². The number of hydrogen-bond donors (Lipinski definition) is 0. The van der Waals surface area contributed by atoms with E-state index in [0.29, 0.717) is 5.92 Å². The molecular weight excluding hydrogens is 240 g/mol. The first-order valence-electron chi connectivity index (χ1n) is 6.65. The molecule has 2 rings (SSSR count). The third kappa shape index (κ3) is 3.92. The van der Waals surface area contributed by atoms with E-state index in [1.54, 1.807) is 6.26 Å². The average molecular weight is 262 g/mol. The van der Waals surface area contributed by atoms with Gasteiger partial charge < -0.3 is 9.32 Å². The van der Waals surface area contributed by atoms with Gasteiger partial charge in [-0.25, -0.2) is 4.98 Å². The summed E-state index contributed by atoms with van der Waals surface area (Å²) >= 11 is 0. The minimum absolute atomic E-state index is 0.342. The molecule has 19 heavy (non-hydrogen) atoms. The van der Waals surface area contributed by atoms with Gasteiger partial charge in [0.15, 0.2) is 5.89 Å². The number of aryl methyl sites for hydroxylation is 1. The van der Waals surface area contributed by atoms with E-state index < -0.39 is 0 Å². The molecule has 104 valence electrons. The highest BCUT2D eigenvalue weighted by atomic mass is 16.3. The lowest BCUT2D eigenvalue weighted by Crippen LogP contribution is -2.20. The smallest absolute Gasteiger partial charge is 0.196 e. The van der Waals surface area contributed by atoms with Gasteiger partial charge in [-0.3, -0.25) is 4.68 Å². The van der Waals surface area contributed by atoms with Crippen LogP contribution in [0, 0.1) is 0 Å². The minimum atomic E-state index is 0.342. The van der Waals surface area contributed by atoms with Crippen LogP contribution in [0.2, 0.25) is 0 Å². The molecule has 0 aliphatic carbocycles. The summed E-state index contributed by atoms with van der Waals surface area (Å²) in [5.41, 5.74) is 2.26. The van der Waals surface area contributed by atoms with Crippen molar-refractivity contribution in [2.75, 3.05) is 13.6 Å². The molecule has 0 aliphatic rings. The van der Waals surface area contributed by atoms with Crippen molar-refractivity contribution in [1.29, 1.82) is 0 Å². The summed E-state index contributed by atoms with van der Waals surface area (Å²) in [4.78, 5) is 6.73. The Labute approximate surface area is 114 Å². The van der Waals surface area contributed by atoms with Gasteiger partial charge in [-0.1, -0.05) is 13.8 Å². The molecule has 0 spiro atoms. The molecule has 0 unspecified atom stereocenters. The lowest BCUT2D eigenvalue weighted by molar-refractivity contribution is 0.326. The van der Waals surface area contributed by atoms with Crippen LogP contribution < -0.4 is 0 Å². The average Bonchev–Trinajstić information content (AvgIpc) is 2.96. The molecule has 0 aliphatic heterocycles. The Morgan fingerprint density at radius 2 is 2.21 bits per heavy atom. The van der Waals surface area contributed by atoms with E-state index in [4.69, 9.17) is 4.42 Å². The van der Waals surface area contributed by atoms with Gasteiger partial charge in [0, 0.05) is 32.3 Å². The number of aromatic nitrogens is 3. The predicted molar refractivity (Wildman–Crippen MR) is 73.8 cm³/mol. The SMILES string of the molecule is CC(C)c1nc(CN(C)CCc2cnn(C)c2)co1. The van der Waals surface area contributed by atoms with Crippen molar-refractivity contribution in [3.05, 3.63) is 35.8 Å². The van der Waals surface area contributed by atoms with Crippen molar-refractivity contribution >= 4 is 0 Å². The van der Waals surface area contributed by atoms with Gasteiger partial charge in [0.1, 0.15) is 6.26 Å². The number of nitrogens with zero attached hydrogens (tertiary/aromatic N) is 4. The van der Waals surface area contributed by atoms with Crippen molar-refractivity contribution < 1.29 is 4.42 Å². The number of rotatable bonds is 6. The van der Waals surface area contributed by atoms with Crippen LogP contribution in [-0.4, -0.2) is 33.3 Å². The second-order valence-electron chi connectivity index (χ2n) is 5.34. The molecule has 2 aromatic heterocycles. The van der Waals surface area contributed by atoms with E-state index in [0.717, 1.165) is 31.1 Å². The maximum absolute atomic E-state index is 5.44. The van der Waals surface area contributed by atoms with Gasteiger partial charge in [-0.2, -0.15) is 5.10 Å². The fraction of sp³-hybridized carbons (Fsp3) is 0.571. The molecule has 2 aromatic rings. The van der Waals surface area contributed by atoms with Crippen molar-refractivity contribution in [1.82, 2.24) is 19.7 Å². The first-order chi connectivity index (χ1) is 9.04. The summed E-state index contributed by atoms with van der Waals surface area (Å²) in [5, 5.41) is 4.17. The van der Waals surface area contributed by atoms with E-state index in [9.17, 15) is 0 Å². The maximum Gasteiger partial charge on any atom is 0.196 e. The normalized spacial score (nSPS) is 11.7. The Kier molecular flexibility index (Phi) is 4.37. The zero-order valence-electron chi connectivity index (χ0n) is 12.1. The molecule has 0 N–H and O–H groups in total. The van der Waals surface area contributed by atoms with Gasteiger partial charge in [0.05, 0.1) is 11.9 Å². The molecule has 0 radical (unpaired) electrons. The van der Waals surface area contributed by atoms with Crippen LogP contribution in [0.4, 0.5) is 0 Å². The highest BCUT2D eigenvalue weighted by Crippen LogP contribution is 2.14. The predicted octanol–water partition coefficient (Wildman–Crippen LogP) is 2.21. The quantitative estimate of drug-likeness (QED) is 0.800. The third-order valence-electron chi connectivity index (χ3n) is 3.04. The number of oxazole rings is 1. The van der Waals surface area contributed by atoms with Gasteiger partial charge in [0.25, 0.3) is 0 Å². The summed E-state index contributed by atoms with van der Waals surface area (Å²) in [7, 11) is 4.04. The van der Waals surface area contributed by atoms with Crippen molar-refractivity contribution in [3.8, 4) is 0 Å². The molecule has 0 aromatic carbocycles. The Balaban J connectivity index is 1.81. The second kappa shape index (κ2) is 6.02. The molecule has 0 bridgehead atoms. The number of hydrogen-bond acceptors (Lipinski definition) is 4. The molecule has 0 saturated heterocycles. The van der Waals surface area contributed by atoms with Crippen LogP contribution in [0.1, 0.15) is 36.9 Å². The largest absolute Gasteiger partial charge is 0.448 e. The summed E-state index contributed by atoms with van der Waals surface area (Å²) < 4.78 is 7.28. The Morgan fingerprint density at radius 3 is 2.79 bits per heavy atom. The summed E-state index contributed by atoms with van der Waals surface area (Å²) in [5.74, 6) is 1.16. The van der Waals surface area contributed by atoms with Crippen LogP contribution in [0.15, 0.2) is 23.1 Å². The zero-order valence-corrected chi connectivity index (χ0v) is 12.1. The van der Waals surface area contributed by atoms with Crippen molar-refractivity contribution in [3.63, 3.8) is 0 Å². The van der Waals surface area contributed by atoms with Crippen LogP contribution in [0.25, 0.3) is 0 Å². The molecule has 0 fully saturated rings. The second-order valence-corrected chi connectivity index (χ2v) is 5.34. The van der Waals surface area contributed by atoms with E-state index >= 15 is 0 Å².